The zero-order chi connectivity index (χ0) is 20.9. The van der Waals surface area contributed by atoms with Crippen LogP contribution in [-0.4, -0.2) is 30.6 Å². The SMILES string of the molecule is O=C(CCc1ncc(-c2ccc(Cl)cc2)o1)NCCc1cc(Cl)c2c(c1)OCCO2. The molecule has 0 fully saturated rings. The topological polar surface area (TPSA) is 73.6 Å². The minimum Gasteiger partial charge on any atom is -0.486 e. The van der Waals surface area contributed by atoms with Gasteiger partial charge in [0.15, 0.2) is 23.1 Å². The molecular weight excluding hydrogens is 427 g/mol. The van der Waals surface area contributed by atoms with Crippen LogP contribution < -0.4 is 14.8 Å². The number of hydrogen-bond acceptors (Lipinski definition) is 5. The van der Waals surface area contributed by atoms with Crippen LogP contribution in [0.5, 0.6) is 11.5 Å². The summed E-state index contributed by atoms with van der Waals surface area (Å²) in [6.45, 7) is 1.49. The maximum atomic E-state index is 12.2. The van der Waals surface area contributed by atoms with Crippen molar-refractivity contribution in [2.24, 2.45) is 0 Å². The van der Waals surface area contributed by atoms with Crippen molar-refractivity contribution in [3.8, 4) is 22.8 Å². The van der Waals surface area contributed by atoms with Gasteiger partial charge in [-0.25, -0.2) is 4.98 Å². The first-order valence-corrected chi connectivity index (χ1v) is 10.4. The molecule has 2 heterocycles. The fraction of sp³-hybridized carbons (Fsp3) is 0.273. The van der Waals surface area contributed by atoms with Gasteiger partial charge in [0.05, 0.1) is 11.2 Å². The van der Waals surface area contributed by atoms with Crippen LogP contribution in [0.4, 0.5) is 0 Å². The number of oxazole rings is 1. The van der Waals surface area contributed by atoms with Gasteiger partial charge in [-0.05, 0) is 48.4 Å². The molecule has 1 N–H and O–H groups in total. The smallest absolute Gasteiger partial charge is 0.220 e. The molecule has 0 unspecified atom stereocenters. The Labute approximate surface area is 184 Å². The number of aromatic nitrogens is 1. The monoisotopic (exact) mass is 446 g/mol. The summed E-state index contributed by atoms with van der Waals surface area (Å²) in [5.41, 5.74) is 1.87. The van der Waals surface area contributed by atoms with E-state index in [0.717, 1.165) is 11.1 Å². The van der Waals surface area contributed by atoms with E-state index >= 15 is 0 Å². The summed E-state index contributed by atoms with van der Waals surface area (Å²) in [5, 5.41) is 4.09. The van der Waals surface area contributed by atoms with Gasteiger partial charge < -0.3 is 19.2 Å². The predicted octanol–water partition coefficient (Wildman–Crippen LogP) is 4.71. The zero-order valence-corrected chi connectivity index (χ0v) is 17.6. The first-order chi connectivity index (χ1) is 14.6. The molecule has 8 heteroatoms. The fourth-order valence-corrected chi connectivity index (χ4v) is 3.55. The molecule has 0 atom stereocenters. The van der Waals surface area contributed by atoms with E-state index in [-0.39, 0.29) is 5.91 Å². The van der Waals surface area contributed by atoms with Crippen LogP contribution in [0.2, 0.25) is 10.0 Å². The number of carbonyl (C=O) groups is 1. The van der Waals surface area contributed by atoms with E-state index in [1.54, 1.807) is 18.3 Å². The molecule has 30 heavy (non-hydrogen) atoms. The Morgan fingerprint density at radius 2 is 1.87 bits per heavy atom. The Morgan fingerprint density at radius 1 is 1.07 bits per heavy atom. The Hall–Kier alpha value is -2.70. The third-order valence-corrected chi connectivity index (χ3v) is 5.17. The Morgan fingerprint density at radius 3 is 2.70 bits per heavy atom. The molecule has 0 aliphatic carbocycles. The van der Waals surface area contributed by atoms with E-state index in [1.807, 2.05) is 24.3 Å². The molecule has 1 amide bonds. The lowest BCUT2D eigenvalue weighted by Crippen LogP contribution is -2.26. The van der Waals surface area contributed by atoms with E-state index in [1.165, 1.54) is 0 Å². The van der Waals surface area contributed by atoms with Crippen molar-refractivity contribution in [1.29, 1.82) is 0 Å². The Bertz CT molecular complexity index is 1030. The van der Waals surface area contributed by atoms with E-state index < -0.39 is 0 Å². The molecule has 1 aromatic heterocycles. The number of rotatable bonds is 7. The van der Waals surface area contributed by atoms with Crippen LogP contribution in [-0.2, 0) is 17.6 Å². The summed E-state index contributed by atoms with van der Waals surface area (Å²) >= 11 is 12.1. The van der Waals surface area contributed by atoms with Gasteiger partial charge in [0, 0.05) is 30.0 Å². The average molecular weight is 447 g/mol. The van der Waals surface area contributed by atoms with E-state index in [2.05, 4.69) is 10.3 Å². The molecule has 0 bridgehead atoms. The fourth-order valence-electron chi connectivity index (χ4n) is 3.14. The largest absolute Gasteiger partial charge is 0.486 e. The zero-order valence-electron chi connectivity index (χ0n) is 16.1. The number of nitrogens with zero attached hydrogens (tertiary/aromatic N) is 1. The van der Waals surface area contributed by atoms with Crippen molar-refractivity contribution in [2.75, 3.05) is 19.8 Å². The van der Waals surface area contributed by atoms with Gasteiger partial charge in [0.2, 0.25) is 5.91 Å². The van der Waals surface area contributed by atoms with Crippen LogP contribution >= 0.6 is 23.2 Å². The number of ether oxygens (including phenoxy) is 2. The molecule has 2 aromatic carbocycles. The number of hydrogen-bond donors (Lipinski definition) is 1. The molecule has 0 spiro atoms. The number of benzene rings is 2. The van der Waals surface area contributed by atoms with Gasteiger partial charge in [0.1, 0.15) is 13.2 Å². The van der Waals surface area contributed by atoms with E-state index in [0.29, 0.717) is 72.2 Å². The summed E-state index contributed by atoms with van der Waals surface area (Å²) < 4.78 is 16.8. The summed E-state index contributed by atoms with van der Waals surface area (Å²) in [5.74, 6) is 2.34. The van der Waals surface area contributed by atoms with Gasteiger partial charge >= 0.3 is 0 Å². The Kier molecular flexibility index (Phi) is 6.45. The minimum atomic E-state index is -0.0649. The van der Waals surface area contributed by atoms with Crippen LogP contribution in [0.1, 0.15) is 17.9 Å². The number of nitrogens with one attached hydrogen (secondary N) is 1. The van der Waals surface area contributed by atoms with E-state index in [4.69, 9.17) is 37.1 Å². The molecule has 3 aromatic rings. The lowest BCUT2D eigenvalue weighted by atomic mass is 10.1. The first-order valence-electron chi connectivity index (χ1n) is 9.64. The van der Waals surface area contributed by atoms with Gasteiger partial charge in [-0.1, -0.05) is 23.2 Å². The molecule has 1 aliphatic rings. The second kappa shape index (κ2) is 9.41. The minimum absolute atomic E-state index is 0.0649. The van der Waals surface area contributed by atoms with Crippen LogP contribution in [0.25, 0.3) is 11.3 Å². The van der Waals surface area contributed by atoms with Crippen molar-refractivity contribution in [1.82, 2.24) is 10.3 Å². The van der Waals surface area contributed by atoms with Gasteiger partial charge in [-0.15, -0.1) is 0 Å². The van der Waals surface area contributed by atoms with E-state index in [9.17, 15) is 4.79 Å². The molecule has 0 saturated carbocycles. The van der Waals surface area contributed by atoms with Crippen molar-refractivity contribution in [2.45, 2.75) is 19.3 Å². The highest BCUT2D eigenvalue weighted by Gasteiger charge is 2.16. The quantitative estimate of drug-likeness (QED) is 0.568. The highest BCUT2D eigenvalue weighted by Crippen LogP contribution is 2.38. The number of aryl methyl sites for hydroxylation is 1. The Balaban J connectivity index is 1.24. The lowest BCUT2D eigenvalue weighted by molar-refractivity contribution is -0.121. The average Bonchev–Trinajstić information content (AvgIpc) is 3.22. The summed E-state index contributed by atoms with van der Waals surface area (Å²) in [4.78, 5) is 16.4. The number of halogens is 2. The third-order valence-electron chi connectivity index (χ3n) is 4.64. The summed E-state index contributed by atoms with van der Waals surface area (Å²) in [6, 6.07) is 11.1. The van der Waals surface area contributed by atoms with Crippen LogP contribution in [0.3, 0.4) is 0 Å². The predicted molar refractivity (Wildman–Crippen MR) is 114 cm³/mol. The van der Waals surface area contributed by atoms with Gasteiger partial charge in [-0.3, -0.25) is 4.79 Å². The molecule has 156 valence electrons. The number of carbonyl (C=O) groups excluding carboxylic acids is 1. The second-order valence-electron chi connectivity index (χ2n) is 6.83. The molecule has 0 radical (unpaired) electrons. The third kappa shape index (κ3) is 5.07. The molecule has 4 rings (SSSR count). The van der Waals surface area contributed by atoms with Crippen molar-refractivity contribution in [3.63, 3.8) is 0 Å². The maximum Gasteiger partial charge on any atom is 0.220 e. The summed E-state index contributed by atoms with van der Waals surface area (Å²) in [6.07, 6.45) is 3.02. The van der Waals surface area contributed by atoms with Crippen molar-refractivity contribution >= 4 is 29.1 Å². The lowest BCUT2D eigenvalue weighted by Gasteiger charge is -2.20. The normalized spacial score (nSPS) is 12.6. The number of fused-ring (bicyclic) bond motifs is 1. The number of amides is 1. The second-order valence-corrected chi connectivity index (χ2v) is 7.67. The van der Waals surface area contributed by atoms with Gasteiger partial charge in [0.25, 0.3) is 0 Å². The highest BCUT2D eigenvalue weighted by atomic mass is 35.5. The molecule has 6 nitrogen and oxygen atoms in total. The molecule has 1 aliphatic heterocycles. The first kappa shape index (κ1) is 20.6. The standard InChI is InChI=1S/C22H20Cl2N2O4/c23-16-3-1-15(2-4-16)19-13-26-21(30-19)6-5-20(27)25-8-7-14-11-17(24)22-18(12-14)28-9-10-29-22/h1-4,11-13H,5-10H2,(H,25,27). The van der Waals surface area contributed by atoms with Crippen molar-refractivity contribution in [3.05, 3.63) is 64.1 Å². The van der Waals surface area contributed by atoms with Gasteiger partial charge in [-0.2, -0.15) is 0 Å². The van der Waals surface area contributed by atoms with Crippen LogP contribution in [0, 0.1) is 0 Å². The highest BCUT2D eigenvalue weighted by molar-refractivity contribution is 6.32. The molecule has 0 saturated heterocycles. The van der Waals surface area contributed by atoms with Crippen molar-refractivity contribution < 1.29 is 18.7 Å². The summed E-state index contributed by atoms with van der Waals surface area (Å²) in [7, 11) is 0. The maximum absolute atomic E-state index is 12.2. The van der Waals surface area contributed by atoms with Crippen LogP contribution in [0.15, 0.2) is 47.0 Å². The molecular formula is C22H20Cl2N2O4.